The van der Waals surface area contributed by atoms with Gasteiger partial charge < -0.3 is 10.6 Å². The highest BCUT2D eigenvalue weighted by molar-refractivity contribution is 7.09. The van der Waals surface area contributed by atoms with Crippen LogP contribution in [0.25, 0.3) is 0 Å². The number of thiazole rings is 1. The molecule has 0 spiro atoms. The fourth-order valence-electron chi connectivity index (χ4n) is 3.48. The summed E-state index contributed by atoms with van der Waals surface area (Å²) in [5, 5.41) is 10.4. The molecule has 1 aliphatic heterocycles. The van der Waals surface area contributed by atoms with Gasteiger partial charge in [-0.3, -0.25) is 9.89 Å². The van der Waals surface area contributed by atoms with Crippen LogP contribution in [0.3, 0.4) is 0 Å². The van der Waals surface area contributed by atoms with E-state index >= 15 is 0 Å². The Kier molecular flexibility index (Phi) is 7.86. The number of benzene rings is 1. The molecule has 152 valence electrons. The molecular weight excluding hydrogens is 366 g/mol. The van der Waals surface area contributed by atoms with E-state index in [1.165, 1.54) is 16.3 Å². The SMILES string of the molecule is CN=C(NCCc1csc(C(C)C)n1)NC1CCN(Cc2ccccc2)CC1. The van der Waals surface area contributed by atoms with Gasteiger partial charge in [0.15, 0.2) is 5.96 Å². The Balaban J connectivity index is 1.37. The van der Waals surface area contributed by atoms with Crippen molar-refractivity contribution in [3.8, 4) is 0 Å². The fraction of sp³-hybridized carbons (Fsp3) is 0.545. The van der Waals surface area contributed by atoms with Gasteiger partial charge in [0, 0.05) is 57.0 Å². The molecule has 2 aromatic rings. The van der Waals surface area contributed by atoms with Crippen LogP contribution in [0.4, 0.5) is 0 Å². The Morgan fingerprint density at radius 1 is 1.25 bits per heavy atom. The predicted octanol–water partition coefficient (Wildman–Crippen LogP) is 3.64. The number of aromatic nitrogens is 1. The summed E-state index contributed by atoms with van der Waals surface area (Å²) in [6, 6.07) is 11.2. The molecule has 2 heterocycles. The van der Waals surface area contributed by atoms with Crippen LogP contribution in [-0.2, 0) is 13.0 Å². The van der Waals surface area contributed by atoms with Gasteiger partial charge in [0.1, 0.15) is 0 Å². The first-order chi connectivity index (χ1) is 13.6. The number of piperidine rings is 1. The van der Waals surface area contributed by atoms with E-state index in [4.69, 9.17) is 4.98 Å². The molecule has 0 radical (unpaired) electrons. The zero-order chi connectivity index (χ0) is 19.8. The summed E-state index contributed by atoms with van der Waals surface area (Å²) in [6.07, 6.45) is 3.23. The minimum atomic E-state index is 0.491. The van der Waals surface area contributed by atoms with Crippen molar-refractivity contribution in [2.75, 3.05) is 26.7 Å². The molecule has 0 atom stereocenters. The van der Waals surface area contributed by atoms with Crippen LogP contribution < -0.4 is 10.6 Å². The van der Waals surface area contributed by atoms with E-state index in [0.717, 1.165) is 51.4 Å². The Bertz CT molecular complexity index is 732. The molecule has 2 N–H and O–H groups in total. The minimum Gasteiger partial charge on any atom is -0.356 e. The molecule has 1 aliphatic rings. The molecule has 3 rings (SSSR count). The summed E-state index contributed by atoms with van der Waals surface area (Å²) >= 11 is 1.76. The van der Waals surface area contributed by atoms with Crippen LogP contribution in [0.5, 0.6) is 0 Å². The number of rotatable bonds is 7. The second-order valence-corrected chi connectivity index (χ2v) is 8.65. The lowest BCUT2D eigenvalue weighted by molar-refractivity contribution is 0.198. The van der Waals surface area contributed by atoms with Crippen molar-refractivity contribution >= 4 is 17.3 Å². The third kappa shape index (κ3) is 6.31. The van der Waals surface area contributed by atoms with Gasteiger partial charge in [0.2, 0.25) is 0 Å². The van der Waals surface area contributed by atoms with E-state index in [9.17, 15) is 0 Å². The van der Waals surface area contributed by atoms with Crippen molar-refractivity contribution in [2.24, 2.45) is 4.99 Å². The van der Waals surface area contributed by atoms with E-state index in [1.54, 1.807) is 11.3 Å². The van der Waals surface area contributed by atoms with Crippen LogP contribution in [0.2, 0.25) is 0 Å². The quantitative estimate of drug-likeness (QED) is 0.551. The van der Waals surface area contributed by atoms with Gasteiger partial charge in [0.05, 0.1) is 10.7 Å². The first-order valence-electron chi connectivity index (χ1n) is 10.3. The van der Waals surface area contributed by atoms with E-state index in [0.29, 0.717) is 12.0 Å². The fourth-order valence-corrected chi connectivity index (χ4v) is 4.35. The molecule has 28 heavy (non-hydrogen) atoms. The summed E-state index contributed by atoms with van der Waals surface area (Å²) in [5.74, 6) is 1.41. The van der Waals surface area contributed by atoms with Crippen LogP contribution in [0.15, 0.2) is 40.7 Å². The maximum atomic E-state index is 4.70. The van der Waals surface area contributed by atoms with E-state index in [-0.39, 0.29) is 0 Å². The van der Waals surface area contributed by atoms with Gasteiger partial charge in [0.25, 0.3) is 0 Å². The predicted molar refractivity (Wildman–Crippen MR) is 119 cm³/mol. The van der Waals surface area contributed by atoms with Crippen LogP contribution >= 0.6 is 11.3 Å². The van der Waals surface area contributed by atoms with Crippen molar-refractivity contribution < 1.29 is 0 Å². The summed E-state index contributed by atoms with van der Waals surface area (Å²) in [5.41, 5.74) is 2.57. The van der Waals surface area contributed by atoms with Gasteiger partial charge in [-0.1, -0.05) is 44.2 Å². The van der Waals surface area contributed by atoms with Gasteiger partial charge in [-0.25, -0.2) is 4.98 Å². The number of nitrogens with one attached hydrogen (secondary N) is 2. The van der Waals surface area contributed by atoms with Crippen molar-refractivity contribution in [2.45, 2.75) is 51.6 Å². The van der Waals surface area contributed by atoms with E-state index in [2.05, 4.69) is 70.1 Å². The highest BCUT2D eigenvalue weighted by Crippen LogP contribution is 2.19. The lowest BCUT2D eigenvalue weighted by atomic mass is 10.0. The standard InChI is InChI=1S/C22H33N5S/c1-17(2)21-25-20(16-28-21)9-12-24-22(23-3)26-19-10-13-27(14-11-19)15-18-7-5-4-6-8-18/h4-8,16-17,19H,9-15H2,1-3H3,(H2,23,24,26). The van der Waals surface area contributed by atoms with Crippen molar-refractivity contribution in [1.29, 1.82) is 0 Å². The lowest BCUT2D eigenvalue weighted by Crippen LogP contribution is -2.48. The summed E-state index contributed by atoms with van der Waals surface area (Å²) in [6.45, 7) is 8.54. The van der Waals surface area contributed by atoms with E-state index in [1.807, 2.05) is 7.05 Å². The summed E-state index contributed by atoms with van der Waals surface area (Å²) in [7, 11) is 1.85. The van der Waals surface area contributed by atoms with Gasteiger partial charge >= 0.3 is 0 Å². The number of aliphatic imine (C=N–C) groups is 1. The molecule has 1 aromatic heterocycles. The van der Waals surface area contributed by atoms with Gasteiger partial charge in [-0.15, -0.1) is 11.3 Å². The zero-order valence-corrected chi connectivity index (χ0v) is 18.1. The molecule has 0 aliphatic carbocycles. The topological polar surface area (TPSA) is 52.6 Å². The number of guanidine groups is 1. The molecule has 1 fully saturated rings. The third-order valence-electron chi connectivity index (χ3n) is 5.14. The van der Waals surface area contributed by atoms with Crippen molar-refractivity contribution in [3.63, 3.8) is 0 Å². The molecule has 0 unspecified atom stereocenters. The first kappa shape index (κ1) is 20.8. The Labute approximate surface area is 173 Å². The molecule has 5 nitrogen and oxygen atoms in total. The zero-order valence-electron chi connectivity index (χ0n) is 17.3. The number of likely N-dealkylation sites (tertiary alicyclic amines) is 1. The maximum absolute atomic E-state index is 4.70. The molecule has 0 amide bonds. The van der Waals surface area contributed by atoms with Gasteiger partial charge in [-0.2, -0.15) is 0 Å². The Morgan fingerprint density at radius 2 is 2.00 bits per heavy atom. The first-order valence-corrected chi connectivity index (χ1v) is 11.2. The van der Waals surface area contributed by atoms with Gasteiger partial charge in [-0.05, 0) is 18.4 Å². The largest absolute Gasteiger partial charge is 0.356 e. The van der Waals surface area contributed by atoms with Crippen LogP contribution in [-0.4, -0.2) is 48.6 Å². The second kappa shape index (κ2) is 10.6. The molecule has 0 saturated carbocycles. The average molecular weight is 400 g/mol. The smallest absolute Gasteiger partial charge is 0.191 e. The van der Waals surface area contributed by atoms with Crippen molar-refractivity contribution in [3.05, 3.63) is 52.0 Å². The van der Waals surface area contributed by atoms with Crippen LogP contribution in [0, 0.1) is 0 Å². The lowest BCUT2D eigenvalue weighted by Gasteiger charge is -2.33. The molecule has 1 saturated heterocycles. The Morgan fingerprint density at radius 3 is 2.64 bits per heavy atom. The maximum Gasteiger partial charge on any atom is 0.191 e. The molecular formula is C22H33N5S. The van der Waals surface area contributed by atoms with Crippen molar-refractivity contribution in [1.82, 2.24) is 20.5 Å². The summed E-state index contributed by atoms with van der Waals surface area (Å²) in [4.78, 5) is 11.6. The minimum absolute atomic E-state index is 0.491. The molecule has 1 aromatic carbocycles. The average Bonchev–Trinajstić information content (AvgIpc) is 3.19. The molecule has 6 heteroatoms. The number of hydrogen-bond donors (Lipinski definition) is 2. The Hall–Kier alpha value is -1.92. The van der Waals surface area contributed by atoms with Crippen LogP contribution in [0.1, 0.15) is 48.9 Å². The third-order valence-corrected chi connectivity index (χ3v) is 6.33. The number of hydrogen-bond acceptors (Lipinski definition) is 4. The second-order valence-electron chi connectivity index (χ2n) is 7.76. The summed E-state index contributed by atoms with van der Waals surface area (Å²) < 4.78 is 0. The monoisotopic (exact) mass is 399 g/mol. The highest BCUT2D eigenvalue weighted by atomic mass is 32.1. The highest BCUT2D eigenvalue weighted by Gasteiger charge is 2.20. The van der Waals surface area contributed by atoms with E-state index < -0.39 is 0 Å². The molecule has 0 bridgehead atoms. The normalized spacial score (nSPS) is 16.5. The number of nitrogens with zero attached hydrogens (tertiary/aromatic N) is 3.